The van der Waals surface area contributed by atoms with Crippen molar-refractivity contribution >= 4 is 91.4 Å². The number of hydrogen-bond acceptors (Lipinski definition) is 3. The minimum absolute atomic E-state index is 0.971. The first-order valence-corrected chi connectivity index (χ1v) is 22.0. The Kier molecular flexibility index (Phi) is 8.14. The van der Waals surface area contributed by atoms with Gasteiger partial charge < -0.3 is 0 Å². The summed E-state index contributed by atoms with van der Waals surface area (Å²) in [5, 5.41) is 8.75. The van der Waals surface area contributed by atoms with Crippen LogP contribution >= 0.6 is 22.7 Å². The fraction of sp³-hybridized carbons (Fsp3) is 0.0175. The molecular formula is C57H35NS2. The summed E-state index contributed by atoms with van der Waals surface area (Å²) in [4.78, 5) is 6.80. The molecule has 0 bridgehead atoms. The molecule has 60 heavy (non-hydrogen) atoms. The first-order chi connectivity index (χ1) is 29.6. The van der Waals surface area contributed by atoms with Crippen molar-refractivity contribution in [1.29, 1.82) is 0 Å². The number of fused-ring (bicyclic) bond motifs is 9. The smallest absolute Gasteiger partial charge is 0.0909 e. The maximum atomic E-state index is 5.64. The lowest BCUT2D eigenvalue weighted by atomic mass is 9.93. The zero-order valence-electron chi connectivity index (χ0n) is 32.7. The van der Waals surface area contributed by atoms with Crippen LogP contribution < -0.4 is 0 Å². The lowest BCUT2D eigenvalue weighted by molar-refractivity contribution is 1.51. The number of allylic oxidation sites excluding steroid dienone is 1. The molecule has 0 atom stereocenters. The Labute approximate surface area is 356 Å². The Morgan fingerprint density at radius 2 is 1.00 bits per heavy atom. The molecule has 1 nitrogen and oxygen atoms in total. The van der Waals surface area contributed by atoms with E-state index in [1.54, 1.807) is 11.3 Å². The van der Waals surface area contributed by atoms with Gasteiger partial charge in [0.2, 0.25) is 0 Å². The Morgan fingerprint density at radius 3 is 1.82 bits per heavy atom. The van der Waals surface area contributed by atoms with Gasteiger partial charge in [-0.05, 0) is 91.7 Å². The van der Waals surface area contributed by atoms with Crippen molar-refractivity contribution in [2.75, 3.05) is 0 Å². The van der Waals surface area contributed by atoms with Gasteiger partial charge in [0.05, 0.1) is 16.3 Å². The van der Waals surface area contributed by atoms with Crippen molar-refractivity contribution in [1.82, 2.24) is 0 Å². The summed E-state index contributed by atoms with van der Waals surface area (Å²) in [6.45, 7) is 2.18. The summed E-state index contributed by atoms with van der Waals surface area (Å²) in [7, 11) is 0. The zero-order chi connectivity index (χ0) is 39.7. The highest BCUT2D eigenvalue weighted by Crippen LogP contribution is 2.47. The van der Waals surface area contributed by atoms with Crippen LogP contribution in [0.3, 0.4) is 0 Å². The third-order valence-corrected chi connectivity index (χ3v) is 14.3. The van der Waals surface area contributed by atoms with E-state index >= 15 is 0 Å². The molecule has 0 saturated carbocycles. The quantitative estimate of drug-likeness (QED) is 0.154. The Morgan fingerprint density at radius 1 is 0.400 bits per heavy atom. The summed E-state index contributed by atoms with van der Waals surface area (Å²) in [6.07, 6.45) is 0. The van der Waals surface area contributed by atoms with Crippen LogP contribution in [0, 0.1) is 0 Å². The molecule has 1 aliphatic rings. The monoisotopic (exact) mass is 797 g/mol. The third-order valence-electron chi connectivity index (χ3n) is 12.0. The SMILES string of the molecule is CC1=C=C(c2ccc(-c3ccccc3)cc2)c2sc3ccccc3c2N=C1c1cc2sc3ccc(-c4ccc(-c5cccc6ccccc56)cc4)cc3c2c2ccccc12. The van der Waals surface area contributed by atoms with Gasteiger partial charge in [0, 0.05) is 47.0 Å². The van der Waals surface area contributed by atoms with E-state index in [1.165, 1.54) is 85.2 Å². The average molecular weight is 798 g/mol. The second-order valence-electron chi connectivity index (χ2n) is 15.6. The van der Waals surface area contributed by atoms with Crippen LogP contribution in [-0.4, -0.2) is 5.71 Å². The summed E-state index contributed by atoms with van der Waals surface area (Å²) < 4.78 is 3.78. The van der Waals surface area contributed by atoms with Crippen molar-refractivity contribution in [3.8, 4) is 33.4 Å². The van der Waals surface area contributed by atoms with Crippen LogP contribution in [0.25, 0.3) is 90.8 Å². The molecule has 0 radical (unpaired) electrons. The second kappa shape index (κ2) is 14.0. The number of rotatable bonds is 5. The van der Waals surface area contributed by atoms with E-state index in [1.807, 2.05) is 11.3 Å². The number of hydrogen-bond donors (Lipinski definition) is 0. The number of nitrogens with zero attached hydrogens (tertiary/aromatic N) is 1. The normalized spacial score (nSPS) is 12.8. The van der Waals surface area contributed by atoms with Gasteiger partial charge in [-0.1, -0.05) is 170 Å². The Bertz CT molecular complexity index is 3610. The zero-order valence-corrected chi connectivity index (χ0v) is 34.4. The molecule has 0 amide bonds. The van der Waals surface area contributed by atoms with Gasteiger partial charge in [-0.25, -0.2) is 4.99 Å². The maximum absolute atomic E-state index is 5.64. The molecule has 0 aliphatic carbocycles. The average Bonchev–Trinajstić information content (AvgIpc) is 3.83. The van der Waals surface area contributed by atoms with Gasteiger partial charge in [-0.15, -0.1) is 28.4 Å². The first kappa shape index (κ1) is 34.9. The summed E-state index contributed by atoms with van der Waals surface area (Å²) in [5.41, 5.74) is 17.7. The van der Waals surface area contributed by atoms with Gasteiger partial charge in [0.25, 0.3) is 0 Å². The van der Waals surface area contributed by atoms with E-state index in [0.29, 0.717) is 0 Å². The Hall–Kier alpha value is -7.13. The standard InChI is InChI=1S/C57H35NS2/c1-35-32-48(41-28-22-37(23-29-41)36-12-3-2-4-13-36)57-56(47-19-9-10-21-51(47)60-57)58-55(35)49-34-53-54(46-18-8-7-17-45(46)49)50-33-42(30-31-52(50)59-53)38-24-26-40(27-25-38)44-20-11-15-39-14-5-6-16-43(39)44/h2-31,33-34H,1H3. The van der Waals surface area contributed by atoms with Crippen LogP contribution in [0.2, 0.25) is 0 Å². The van der Waals surface area contributed by atoms with Crippen LogP contribution in [0.4, 0.5) is 5.69 Å². The minimum Gasteiger partial charge on any atom is -0.245 e. The highest BCUT2D eigenvalue weighted by atomic mass is 32.1. The molecule has 1 aliphatic heterocycles. The van der Waals surface area contributed by atoms with Crippen molar-refractivity contribution < 1.29 is 0 Å². The van der Waals surface area contributed by atoms with Gasteiger partial charge in [0.15, 0.2) is 0 Å². The summed E-state index contributed by atoms with van der Waals surface area (Å²) >= 11 is 3.67. The van der Waals surface area contributed by atoms with Crippen LogP contribution in [0.5, 0.6) is 0 Å². The molecule has 12 rings (SSSR count). The lowest BCUT2D eigenvalue weighted by Crippen LogP contribution is -2.03. The molecule has 0 spiro atoms. The molecule has 0 unspecified atom stereocenters. The molecule has 0 N–H and O–H groups in total. The first-order valence-electron chi connectivity index (χ1n) is 20.4. The molecule has 9 aromatic carbocycles. The van der Waals surface area contributed by atoms with Crippen molar-refractivity contribution in [2.24, 2.45) is 4.99 Å². The van der Waals surface area contributed by atoms with Crippen LogP contribution in [0.1, 0.15) is 22.9 Å². The van der Waals surface area contributed by atoms with Crippen molar-refractivity contribution in [2.45, 2.75) is 6.92 Å². The van der Waals surface area contributed by atoms with E-state index in [0.717, 1.165) is 38.5 Å². The highest BCUT2D eigenvalue weighted by molar-refractivity contribution is 7.26. The van der Waals surface area contributed by atoms with E-state index in [9.17, 15) is 0 Å². The van der Waals surface area contributed by atoms with Crippen molar-refractivity contribution in [3.05, 3.63) is 221 Å². The molecular weight excluding hydrogens is 763 g/mol. The highest BCUT2D eigenvalue weighted by Gasteiger charge is 2.24. The Balaban J connectivity index is 1.00. The largest absolute Gasteiger partial charge is 0.245 e. The summed E-state index contributed by atoms with van der Waals surface area (Å²) in [5.74, 6) is 0. The predicted molar refractivity (Wildman–Crippen MR) is 260 cm³/mol. The number of aliphatic imine (C=N–C) groups is 1. The molecule has 3 heterocycles. The topological polar surface area (TPSA) is 12.4 Å². The van der Waals surface area contributed by atoms with E-state index < -0.39 is 0 Å². The van der Waals surface area contributed by atoms with Gasteiger partial charge in [-0.3, -0.25) is 0 Å². The molecule has 3 heteroatoms. The lowest BCUT2D eigenvalue weighted by Gasteiger charge is -2.12. The summed E-state index contributed by atoms with van der Waals surface area (Å²) in [6, 6.07) is 70.7. The molecule has 11 aromatic rings. The molecule has 280 valence electrons. The van der Waals surface area contributed by atoms with Crippen LogP contribution in [-0.2, 0) is 0 Å². The van der Waals surface area contributed by atoms with Gasteiger partial charge in [0.1, 0.15) is 0 Å². The molecule has 2 aromatic heterocycles. The number of thiophene rings is 2. The minimum atomic E-state index is 0.971. The predicted octanol–water partition coefficient (Wildman–Crippen LogP) is 16.7. The fourth-order valence-electron chi connectivity index (χ4n) is 9.07. The van der Waals surface area contributed by atoms with Crippen molar-refractivity contribution in [3.63, 3.8) is 0 Å². The second-order valence-corrected chi connectivity index (χ2v) is 17.7. The fourth-order valence-corrected chi connectivity index (χ4v) is 11.4. The van der Waals surface area contributed by atoms with Gasteiger partial charge in [-0.2, -0.15) is 0 Å². The number of benzene rings is 9. The molecule has 0 fully saturated rings. The van der Waals surface area contributed by atoms with E-state index in [2.05, 4.69) is 207 Å². The van der Waals surface area contributed by atoms with Gasteiger partial charge >= 0.3 is 0 Å². The van der Waals surface area contributed by atoms with Crippen LogP contribution in [0.15, 0.2) is 210 Å². The van der Waals surface area contributed by atoms with E-state index in [-0.39, 0.29) is 0 Å². The maximum Gasteiger partial charge on any atom is 0.0909 e. The molecule has 0 saturated heterocycles. The third kappa shape index (κ3) is 5.71. The van der Waals surface area contributed by atoms with E-state index in [4.69, 9.17) is 4.99 Å².